The van der Waals surface area contributed by atoms with Gasteiger partial charge >= 0.3 is 0 Å². The van der Waals surface area contributed by atoms with Crippen LogP contribution in [0.25, 0.3) is 0 Å². The molecule has 0 bridgehead atoms. The molecular formula is C12H24N4. The highest BCUT2D eigenvalue weighted by Crippen LogP contribution is 2.21. The number of nitrogens with zero attached hydrogens (tertiary/aromatic N) is 3. The van der Waals surface area contributed by atoms with Crippen molar-refractivity contribution >= 4 is 0 Å². The van der Waals surface area contributed by atoms with Gasteiger partial charge in [0.25, 0.3) is 0 Å². The van der Waals surface area contributed by atoms with Crippen molar-refractivity contribution in [3.63, 3.8) is 0 Å². The average Bonchev–Trinajstić information content (AvgIpc) is 2.60. The predicted molar refractivity (Wildman–Crippen MR) is 67.5 cm³/mol. The molecule has 1 unspecified atom stereocenters. The van der Waals surface area contributed by atoms with Gasteiger partial charge in [-0.25, -0.2) is 4.98 Å². The third kappa shape index (κ3) is 2.62. The maximum Gasteiger partial charge on any atom is 0.0949 e. The molecule has 0 fully saturated rings. The molecule has 0 aliphatic heterocycles. The van der Waals surface area contributed by atoms with Crippen molar-refractivity contribution in [2.24, 2.45) is 7.05 Å². The Morgan fingerprint density at radius 2 is 2.06 bits per heavy atom. The molecule has 1 N–H and O–H groups in total. The minimum absolute atomic E-state index is 0.376. The standard InChI is InChI=1S/C12H24N4/c1-6-16(7-2)11(8-13-4)12-10(3)15(5)9-14-12/h9,11,13H,6-8H2,1-5H3. The van der Waals surface area contributed by atoms with Gasteiger partial charge in [0.05, 0.1) is 18.1 Å². The maximum absolute atomic E-state index is 4.53. The van der Waals surface area contributed by atoms with E-state index in [1.807, 2.05) is 20.4 Å². The van der Waals surface area contributed by atoms with Crippen LogP contribution in [0.15, 0.2) is 6.33 Å². The largest absolute Gasteiger partial charge is 0.338 e. The van der Waals surface area contributed by atoms with E-state index in [9.17, 15) is 0 Å². The molecule has 0 radical (unpaired) electrons. The smallest absolute Gasteiger partial charge is 0.0949 e. The molecule has 1 aromatic rings. The van der Waals surface area contributed by atoms with Gasteiger partial charge < -0.3 is 9.88 Å². The highest BCUT2D eigenvalue weighted by Gasteiger charge is 2.21. The summed E-state index contributed by atoms with van der Waals surface area (Å²) in [6.45, 7) is 9.58. The monoisotopic (exact) mass is 224 g/mol. The van der Waals surface area contributed by atoms with Gasteiger partial charge in [0, 0.05) is 19.3 Å². The van der Waals surface area contributed by atoms with Crippen LogP contribution in [0.4, 0.5) is 0 Å². The summed E-state index contributed by atoms with van der Waals surface area (Å²) in [7, 11) is 4.04. The molecule has 1 rings (SSSR count). The fourth-order valence-electron chi connectivity index (χ4n) is 2.09. The van der Waals surface area contributed by atoms with Crippen LogP contribution in [-0.4, -0.2) is 41.1 Å². The van der Waals surface area contributed by atoms with Crippen LogP contribution >= 0.6 is 0 Å². The maximum atomic E-state index is 4.53. The number of nitrogens with one attached hydrogen (secondary N) is 1. The van der Waals surface area contributed by atoms with Crippen LogP contribution in [0.1, 0.15) is 31.3 Å². The van der Waals surface area contributed by atoms with E-state index in [0.717, 1.165) is 19.6 Å². The number of hydrogen-bond acceptors (Lipinski definition) is 3. The molecule has 0 spiro atoms. The summed E-state index contributed by atoms with van der Waals surface area (Å²) in [5.41, 5.74) is 2.45. The molecule has 92 valence electrons. The topological polar surface area (TPSA) is 33.1 Å². The third-order valence-electron chi connectivity index (χ3n) is 3.24. The molecule has 0 saturated heterocycles. The van der Waals surface area contributed by atoms with Crippen molar-refractivity contribution in [1.82, 2.24) is 19.8 Å². The van der Waals surface area contributed by atoms with Crippen molar-refractivity contribution < 1.29 is 0 Å². The minimum atomic E-state index is 0.376. The summed E-state index contributed by atoms with van der Waals surface area (Å²) < 4.78 is 2.08. The number of aryl methyl sites for hydroxylation is 1. The molecule has 0 aliphatic carbocycles. The first-order valence-corrected chi connectivity index (χ1v) is 6.02. The first kappa shape index (κ1) is 13.2. The summed E-state index contributed by atoms with van der Waals surface area (Å²) >= 11 is 0. The van der Waals surface area contributed by atoms with Gasteiger partial charge in [-0.1, -0.05) is 13.8 Å². The normalized spacial score (nSPS) is 13.4. The Bertz CT molecular complexity index is 315. The van der Waals surface area contributed by atoms with Crippen LogP contribution in [0.5, 0.6) is 0 Å². The molecule has 4 heteroatoms. The Labute approximate surface area is 98.7 Å². The zero-order valence-corrected chi connectivity index (χ0v) is 11.1. The van der Waals surface area contributed by atoms with Crippen molar-refractivity contribution in [1.29, 1.82) is 0 Å². The van der Waals surface area contributed by atoms with Crippen LogP contribution in [0.2, 0.25) is 0 Å². The van der Waals surface area contributed by atoms with Gasteiger partial charge in [0.2, 0.25) is 0 Å². The molecule has 0 saturated carbocycles. The van der Waals surface area contributed by atoms with E-state index >= 15 is 0 Å². The number of imidazole rings is 1. The number of rotatable bonds is 6. The first-order chi connectivity index (χ1) is 7.65. The van der Waals surface area contributed by atoms with Gasteiger partial charge in [0.15, 0.2) is 0 Å². The van der Waals surface area contributed by atoms with Crippen molar-refractivity contribution in [3.8, 4) is 0 Å². The van der Waals surface area contributed by atoms with E-state index in [0.29, 0.717) is 6.04 Å². The van der Waals surface area contributed by atoms with Gasteiger partial charge in [0.1, 0.15) is 0 Å². The van der Waals surface area contributed by atoms with Gasteiger partial charge in [-0.15, -0.1) is 0 Å². The van der Waals surface area contributed by atoms with Crippen molar-refractivity contribution in [2.75, 3.05) is 26.7 Å². The summed E-state index contributed by atoms with van der Waals surface area (Å²) in [6.07, 6.45) is 1.90. The molecule has 0 aromatic carbocycles. The Kier molecular flexibility index (Phi) is 4.96. The first-order valence-electron chi connectivity index (χ1n) is 6.02. The fraction of sp³-hybridized carbons (Fsp3) is 0.750. The molecule has 4 nitrogen and oxygen atoms in total. The third-order valence-corrected chi connectivity index (χ3v) is 3.24. The lowest BCUT2D eigenvalue weighted by Crippen LogP contribution is -2.35. The molecule has 1 atom stereocenters. The highest BCUT2D eigenvalue weighted by molar-refractivity contribution is 5.16. The van der Waals surface area contributed by atoms with E-state index < -0.39 is 0 Å². The van der Waals surface area contributed by atoms with E-state index in [1.165, 1.54) is 11.4 Å². The van der Waals surface area contributed by atoms with Crippen LogP contribution < -0.4 is 5.32 Å². The minimum Gasteiger partial charge on any atom is -0.338 e. The molecule has 1 heterocycles. The van der Waals surface area contributed by atoms with Crippen molar-refractivity contribution in [3.05, 3.63) is 17.7 Å². The molecule has 0 aliphatic rings. The molecular weight excluding hydrogens is 200 g/mol. The number of hydrogen-bond donors (Lipinski definition) is 1. The highest BCUT2D eigenvalue weighted by atomic mass is 15.2. The lowest BCUT2D eigenvalue weighted by atomic mass is 10.1. The zero-order valence-electron chi connectivity index (χ0n) is 11.1. The zero-order chi connectivity index (χ0) is 12.1. The van der Waals surface area contributed by atoms with Gasteiger partial charge in [-0.2, -0.15) is 0 Å². The molecule has 0 amide bonds. The Balaban J connectivity index is 2.96. The summed E-state index contributed by atoms with van der Waals surface area (Å²) in [4.78, 5) is 6.97. The second-order valence-corrected chi connectivity index (χ2v) is 4.12. The summed E-state index contributed by atoms with van der Waals surface area (Å²) in [5, 5.41) is 3.26. The Morgan fingerprint density at radius 1 is 1.44 bits per heavy atom. The predicted octanol–water partition coefficient (Wildman–Crippen LogP) is 1.33. The summed E-state index contributed by atoms with van der Waals surface area (Å²) in [6, 6.07) is 0.376. The van der Waals surface area contributed by atoms with E-state index in [-0.39, 0.29) is 0 Å². The van der Waals surface area contributed by atoms with Gasteiger partial charge in [-0.05, 0) is 27.1 Å². The SMILES string of the molecule is CCN(CC)C(CNC)c1ncn(C)c1C. The number of likely N-dealkylation sites (N-methyl/N-ethyl adjacent to an activating group) is 2. The van der Waals surface area contributed by atoms with E-state index in [2.05, 4.69) is 40.5 Å². The van der Waals surface area contributed by atoms with E-state index in [4.69, 9.17) is 0 Å². The Hall–Kier alpha value is -0.870. The molecule has 1 aromatic heterocycles. The van der Waals surface area contributed by atoms with Crippen LogP contribution in [0.3, 0.4) is 0 Å². The van der Waals surface area contributed by atoms with Crippen LogP contribution in [-0.2, 0) is 7.05 Å². The summed E-state index contributed by atoms with van der Waals surface area (Å²) in [5.74, 6) is 0. The van der Waals surface area contributed by atoms with Gasteiger partial charge in [-0.3, -0.25) is 4.90 Å². The van der Waals surface area contributed by atoms with Crippen LogP contribution in [0, 0.1) is 6.92 Å². The lowest BCUT2D eigenvalue weighted by molar-refractivity contribution is 0.212. The second kappa shape index (κ2) is 6.01. The van der Waals surface area contributed by atoms with E-state index in [1.54, 1.807) is 0 Å². The van der Waals surface area contributed by atoms with Crippen molar-refractivity contribution in [2.45, 2.75) is 26.8 Å². The lowest BCUT2D eigenvalue weighted by Gasteiger charge is -2.28. The Morgan fingerprint density at radius 3 is 2.44 bits per heavy atom. The quantitative estimate of drug-likeness (QED) is 0.791. The average molecular weight is 224 g/mol. The fourth-order valence-corrected chi connectivity index (χ4v) is 2.09. The number of aromatic nitrogens is 2. The molecule has 16 heavy (non-hydrogen) atoms. The second-order valence-electron chi connectivity index (χ2n) is 4.12.